The van der Waals surface area contributed by atoms with E-state index in [1.807, 2.05) is 12.3 Å². The molecule has 2 nitrogen and oxygen atoms in total. The van der Waals surface area contributed by atoms with Crippen LogP contribution in [0.4, 0.5) is 0 Å². The fourth-order valence-corrected chi connectivity index (χ4v) is 2.80. The summed E-state index contributed by atoms with van der Waals surface area (Å²) in [5.74, 6) is 0. The molecule has 0 saturated heterocycles. The normalized spacial score (nSPS) is 11.2. The molecule has 96 valence electrons. The van der Waals surface area contributed by atoms with Crippen molar-refractivity contribution < 1.29 is 0 Å². The van der Waals surface area contributed by atoms with Gasteiger partial charge >= 0.3 is 0 Å². The number of hydrogen-bond acceptors (Lipinski definition) is 1. The van der Waals surface area contributed by atoms with Gasteiger partial charge < -0.3 is 4.57 Å². The molecule has 0 aliphatic carbocycles. The van der Waals surface area contributed by atoms with E-state index in [-0.39, 0.29) is 0 Å². The highest BCUT2D eigenvalue weighted by Crippen LogP contribution is 2.27. The monoisotopic (exact) mass is 258 g/mol. The number of fused-ring (bicyclic) bond motifs is 3. The quantitative estimate of drug-likeness (QED) is 0.526. The van der Waals surface area contributed by atoms with Gasteiger partial charge in [0.1, 0.15) is 0 Å². The highest BCUT2D eigenvalue weighted by Gasteiger charge is 2.10. The van der Waals surface area contributed by atoms with Gasteiger partial charge in [-0.15, -0.1) is 0 Å². The second kappa shape index (κ2) is 4.49. The van der Waals surface area contributed by atoms with Gasteiger partial charge in [-0.2, -0.15) is 0 Å². The zero-order chi connectivity index (χ0) is 13.4. The minimum Gasteiger partial charge on any atom is -0.335 e. The topological polar surface area (TPSA) is 17.8 Å². The van der Waals surface area contributed by atoms with Crippen molar-refractivity contribution >= 4 is 21.9 Å². The molecule has 0 N–H and O–H groups in total. The van der Waals surface area contributed by atoms with Gasteiger partial charge in [0, 0.05) is 18.1 Å². The van der Waals surface area contributed by atoms with Gasteiger partial charge in [0.2, 0.25) is 0 Å². The summed E-state index contributed by atoms with van der Waals surface area (Å²) in [5.41, 5.74) is 4.82. The summed E-state index contributed by atoms with van der Waals surface area (Å²) < 4.78 is 2.34. The van der Waals surface area contributed by atoms with Gasteiger partial charge in [0.05, 0.1) is 16.6 Å². The van der Waals surface area contributed by atoms with Crippen LogP contribution in [0.1, 0.15) is 5.56 Å². The Labute approximate surface area is 117 Å². The Balaban J connectivity index is 2.00. The summed E-state index contributed by atoms with van der Waals surface area (Å²) in [7, 11) is 0. The van der Waals surface area contributed by atoms with Crippen LogP contribution in [0.3, 0.4) is 0 Å². The van der Waals surface area contributed by atoms with Gasteiger partial charge in [-0.25, -0.2) is 0 Å². The van der Waals surface area contributed by atoms with E-state index in [0.29, 0.717) is 0 Å². The van der Waals surface area contributed by atoms with Crippen LogP contribution in [-0.2, 0) is 6.54 Å². The minimum absolute atomic E-state index is 0.872. The van der Waals surface area contributed by atoms with E-state index < -0.39 is 0 Å². The molecule has 2 heterocycles. The number of pyridine rings is 1. The maximum absolute atomic E-state index is 4.55. The van der Waals surface area contributed by atoms with Crippen molar-refractivity contribution in [3.8, 4) is 0 Å². The Morgan fingerprint density at radius 3 is 2.40 bits per heavy atom. The molecular formula is C18H14N2. The Morgan fingerprint density at radius 2 is 1.50 bits per heavy atom. The maximum atomic E-state index is 4.55. The van der Waals surface area contributed by atoms with Gasteiger partial charge in [-0.05, 0) is 23.8 Å². The fourth-order valence-electron chi connectivity index (χ4n) is 2.80. The van der Waals surface area contributed by atoms with Gasteiger partial charge in [0.25, 0.3) is 0 Å². The summed E-state index contributed by atoms with van der Waals surface area (Å²) in [6.07, 6.45) is 1.86. The predicted octanol–water partition coefficient (Wildman–Crippen LogP) is 4.24. The third-order valence-corrected chi connectivity index (χ3v) is 3.71. The third kappa shape index (κ3) is 1.69. The molecule has 2 heteroatoms. The Kier molecular flexibility index (Phi) is 2.52. The molecule has 0 amide bonds. The molecule has 0 aliphatic rings. The molecule has 0 bridgehead atoms. The van der Waals surface area contributed by atoms with Crippen LogP contribution in [0, 0.1) is 0 Å². The molecular weight excluding hydrogens is 244 g/mol. The number of benzene rings is 2. The van der Waals surface area contributed by atoms with Crippen LogP contribution >= 0.6 is 0 Å². The van der Waals surface area contributed by atoms with E-state index in [4.69, 9.17) is 0 Å². The number of para-hydroxylation sites is 1. The Morgan fingerprint density at radius 1 is 0.750 bits per heavy atom. The lowest BCUT2D eigenvalue weighted by Crippen LogP contribution is -1.98. The van der Waals surface area contributed by atoms with E-state index in [0.717, 1.165) is 12.1 Å². The number of hydrogen-bond donors (Lipinski definition) is 0. The van der Waals surface area contributed by atoms with Crippen LogP contribution in [0.2, 0.25) is 0 Å². The average molecular weight is 258 g/mol. The zero-order valence-electron chi connectivity index (χ0n) is 11.0. The van der Waals surface area contributed by atoms with Crippen molar-refractivity contribution in [2.45, 2.75) is 6.54 Å². The first-order valence-corrected chi connectivity index (χ1v) is 6.79. The number of rotatable bonds is 2. The SMILES string of the molecule is c1ccc(Cn2c3ccccc3c3ncccc32)cc1. The second-order valence-electron chi connectivity index (χ2n) is 4.96. The summed E-state index contributed by atoms with van der Waals surface area (Å²) in [4.78, 5) is 4.55. The second-order valence-corrected chi connectivity index (χ2v) is 4.96. The number of nitrogens with zero attached hydrogens (tertiary/aromatic N) is 2. The first-order valence-electron chi connectivity index (χ1n) is 6.79. The van der Waals surface area contributed by atoms with Crippen molar-refractivity contribution in [1.29, 1.82) is 0 Å². The van der Waals surface area contributed by atoms with E-state index in [1.165, 1.54) is 22.0 Å². The molecule has 0 unspecified atom stereocenters. The lowest BCUT2D eigenvalue weighted by atomic mass is 10.2. The molecule has 0 aliphatic heterocycles. The third-order valence-electron chi connectivity index (χ3n) is 3.71. The molecule has 0 atom stereocenters. The zero-order valence-corrected chi connectivity index (χ0v) is 11.0. The predicted molar refractivity (Wildman–Crippen MR) is 82.8 cm³/mol. The molecule has 2 aromatic carbocycles. The summed E-state index contributed by atoms with van der Waals surface area (Å²) >= 11 is 0. The first-order chi connectivity index (χ1) is 9.93. The van der Waals surface area contributed by atoms with Crippen molar-refractivity contribution in [2.24, 2.45) is 0 Å². The van der Waals surface area contributed by atoms with E-state index in [9.17, 15) is 0 Å². The molecule has 20 heavy (non-hydrogen) atoms. The maximum Gasteiger partial charge on any atom is 0.0959 e. The molecule has 4 aromatic rings. The largest absolute Gasteiger partial charge is 0.335 e. The smallest absolute Gasteiger partial charge is 0.0959 e. The van der Waals surface area contributed by atoms with Crippen molar-refractivity contribution in [3.63, 3.8) is 0 Å². The van der Waals surface area contributed by atoms with Gasteiger partial charge in [-0.3, -0.25) is 4.98 Å². The molecule has 4 rings (SSSR count). The first kappa shape index (κ1) is 11.2. The van der Waals surface area contributed by atoms with Gasteiger partial charge in [-0.1, -0.05) is 48.5 Å². The van der Waals surface area contributed by atoms with Crippen molar-refractivity contribution in [2.75, 3.05) is 0 Å². The standard InChI is InChI=1S/C18H14N2/c1-2-7-14(8-3-1)13-20-16-10-5-4-9-15(16)18-17(20)11-6-12-19-18/h1-12H,13H2. The van der Waals surface area contributed by atoms with Crippen LogP contribution in [0.15, 0.2) is 72.9 Å². The van der Waals surface area contributed by atoms with Crippen molar-refractivity contribution in [3.05, 3.63) is 78.5 Å². The van der Waals surface area contributed by atoms with Gasteiger partial charge in [0.15, 0.2) is 0 Å². The summed E-state index contributed by atoms with van der Waals surface area (Å²) in [5, 5.41) is 1.22. The Bertz CT molecular complexity index is 822. The van der Waals surface area contributed by atoms with E-state index >= 15 is 0 Å². The highest BCUT2D eigenvalue weighted by atomic mass is 15.0. The molecule has 0 fully saturated rings. The van der Waals surface area contributed by atoms with Crippen LogP contribution in [0.25, 0.3) is 21.9 Å². The lowest BCUT2D eigenvalue weighted by molar-refractivity contribution is 0.868. The highest BCUT2D eigenvalue weighted by molar-refractivity contribution is 6.05. The van der Waals surface area contributed by atoms with E-state index in [1.54, 1.807) is 0 Å². The fraction of sp³-hybridized carbons (Fsp3) is 0.0556. The van der Waals surface area contributed by atoms with Crippen molar-refractivity contribution in [1.82, 2.24) is 9.55 Å². The van der Waals surface area contributed by atoms with Crippen LogP contribution in [-0.4, -0.2) is 9.55 Å². The molecule has 2 aromatic heterocycles. The van der Waals surface area contributed by atoms with Crippen LogP contribution < -0.4 is 0 Å². The molecule has 0 saturated carbocycles. The average Bonchev–Trinajstić information content (AvgIpc) is 2.84. The summed E-state index contributed by atoms with van der Waals surface area (Å²) in [6.45, 7) is 0.872. The minimum atomic E-state index is 0.872. The summed E-state index contributed by atoms with van der Waals surface area (Å²) in [6, 6.07) is 23.2. The molecule has 0 radical (unpaired) electrons. The van der Waals surface area contributed by atoms with Crippen LogP contribution in [0.5, 0.6) is 0 Å². The Hall–Kier alpha value is -2.61. The molecule has 0 spiro atoms. The van der Waals surface area contributed by atoms with E-state index in [2.05, 4.69) is 70.2 Å². The number of aromatic nitrogens is 2. The lowest BCUT2D eigenvalue weighted by Gasteiger charge is -2.07.